The topological polar surface area (TPSA) is 49.3 Å². The van der Waals surface area contributed by atoms with Crippen LogP contribution in [-0.2, 0) is 13.1 Å². The lowest BCUT2D eigenvalue weighted by Crippen LogP contribution is -2.15. The van der Waals surface area contributed by atoms with Crippen molar-refractivity contribution in [1.82, 2.24) is 5.32 Å². The number of benzene rings is 1. The number of carbonyl (C=O) groups is 1. The zero-order valence-electron chi connectivity index (χ0n) is 9.82. The summed E-state index contributed by atoms with van der Waals surface area (Å²) < 4.78 is 26.1. The Kier molecular flexibility index (Phi) is 4.24. The zero-order valence-corrected chi connectivity index (χ0v) is 10.6. The number of thiophene rings is 1. The Hall–Kier alpha value is -1.79. The predicted molar refractivity (Wildman–Crippen MR) is 68.2 cm³/mol. The Balaban J connectivity index is 1.96. The fraction of sp³-hybridized carbons (Fsp3) is 0.154. The van der Waals surface area contributed by atoms with E-state index in [4.69, 9.17) is 5.11 Å². The molecule has 2 aromatic rings. The summed E-state index contributed by atoms with van der Waals surface area (Å²) in [5, 5.41) is 13.6. The van der Waals surface area contributed by atoms with Gasteiger partial charge in [0.25, 0.3) is 0 Å². The standard InChI is InChI=1S/C13H11F2NO2S/c14-10-2-1-8(11(15)5-10)6-16-7-9-3-4-19-12(9)13(17)18/h1-5,16H,6-7H2,(H,17,18). The second-order valence-electron chi connectivity index (χ2n) is 3.92. The van der Waals surface area contributed by atoms with Crippen molar-refractivity contribution in [2.24, 2.45) is 0 Å². The molecule has 6 heteroatoms. The Bertz CT molecular complexity index is 598. The van der Waals surface area contributed by atoms with Crippen LogP contribution >= 0.6 is 11.3 Å². The molecule has 0 aliphatic rings. The molecule has 1 heterocycles. The van der Waals surface area contributed by atoms with Gasteiger partial charge in [-0.3, -0.25) is 0 Å². The van der Waals surface area contributed by atoms with Gasteiger partial charge in [0.05, 0.1) is 0 Å². The van der Waals surface area contributed by atoms with Gasteiger partial charge in [-0.05, 0) is 23.1 Å². The molecule has 2 rings (SSSR count). The predicted octanol–water partition coefficient (Wildman–Crippen LogP) is 3.01. The lowest BCUT2D eigenvalue weighted by atomic mass is 10.2. The highest BCUT2D eigenvalue weighted by molar-refractivity contribution is 7.12. The molecule has 0 fully saturated rings. The summed E-state index contributed by atoms with van der Waals surface area (Å²) in [5.74, 6) is -2.21. The molecule has 0 amide bonds. The average Bonchev–Trinajstić information content (AvgIpc) is 2.80. The van der Waals surface area contributed by atoms with Crippen molar-refractivity contribution in [3.63, 3.8) is 0 Å². The lowest BCUT2D eigenvalue weighted by molar-refractivity contribution is 0.0701. The van der Waals surface area contributed by atoms with Gasteiger partial charge in [-0.15, -0.1) is 11.3 Å². The number of carboxylic acid groups (broad SMARTS) is 1. The highest BCUT2D eigenvalue weighted by Gasteiger charge is 2.11. The number of hydrogen-bond donors (Lipinski definition) is 2. The Morgan fingerprint density at radius 1 is 1.21 bits per heavy atom. The molecule has 0 bridgehead atoms. The molecule has 0 radical (unpaired) electrons. The van der Waals surface area contributed by atoms with Crippen molar-refractivity contribution < 1.29 is 18.7 Å². The fourth-order valence-corrected chi connectivity index (χ4v) is 2.42. The molecule has 1 aromatic heterocycles. The molecule has 0 spiro atoms. The third kappa shape index (κ3) is 3.36. The molecule has 1 aromatic carbocycles. The minimum absolute atomic E-state index is 0.209. The van der Waals surface area contributed by atoms with Gasteiger partial charge in [0.15, 0.2) is 0 Å². The molecule has 0 aliphatic carbocycles. The largest absolute Gasteiger partial charge is 0.477 e. The minimum atomic E-state index is -0.972. The smallest absolute Gasteiger partial charge is 0.346 e. The van der Waals surface area contributed by atoms with Gasteiger partial charge in [0, 0.05) is 24.7 Å². The van der Waals surface area contributed by atoms with Gasteiger partial charge in [0.2, 0.25) is 0 Å². The average molecular weight is 283 g/mol. The summed E-state index contributed by atoms with van der Waals surface area (Å²) in [6.45, 7) is 0.531. The summed E-state index contributed by atoms with van der Waals surface area (Å²) in [6, 6.07) is 5.09. The highest BCUT2D eigenvalue weighted by atomic mass is 32.1. The molecule has 0 saturated carbocycles. The van der Waals surface area contributed by atoms with Crippen LogP contribution in [0.5, 0.6) is 0 Å². The maximum absolute atomic E-state index is 13.4. The van der Waals surface area contributed by atoms with Crippen molar-refractivity contribution in [2.75, 3.05) is 0 Å². The number of rotatable bonds is 5. The van der Waals surface area contributed by atoms with Gasteiger partial charge >= 0.3 is 5.97 Å². The molecule has 3 nitrogen and oxygen atoms in total. The van der Waals surface area contributed by atoms with Crippen molar-refractivity contribution in [3.05, 3.63) is 57.3 Å². The van der Waals surface area contributed by atoms with Crippen LogP contribution in [0.4, 0.5) is 8.78 Å². The summed E-state index contributed by atoms with van der Waals surface area (Å²) in [5.41, 5.74) is 0.994. The van der Waals surface area contributed by atoms with Gasteiger partial charge in [0.1, 0.15) is 16.5 Å². The van der Waals surface area contributed by atoms with E-state index in [2.05, 4.69) is 5.32 Å². The van der Waals surface area contributed by atoms with Gasteiger partial charge < -0.3 is 10.4 Å². The van der Waals surface area contributed by atoms with Crippen LogP contribution in [0.25, 0.3) is 0 Å². The van der Waals surface area contributed by atoms with E-state index in [9.17, 15) is 13.6 Å². The first-order valence-corrected chi connectivity index (χ1v) is 6.40. The van der Waals surface area contributed by atoms with Gasteiger partial charge in [-0.25, -0.2) is 13.6 Å². The molecule has 19 heavy (non-hydrogen) atoms. The maximum atomic E-state index is 13.4. The first-order chi connectivity index (χ1) is 9.08. The molecule has 100 valence electrons. The first-order valence-electron chi connectivity index (χ1n) is 5.52. The third-order valence-electron chi connectivity index (χ3n) is 2.59. The fourth-order valence-electron chi connectivity index (χ4n) is 1.66. The molecule has 0 saturated heterocycles. The third-order valence-corrected chi connectivity index (χ3v) is 3.53. The van der Waals surface area contributed by atoms with E-state index in [1.807, 2.05) is 0 Å². The zero-order chi connectivity index (χ0) is 13.8. The molecular formula is C13H11F2NO2S. The van der Waals surface area contributed by atoms with Crippen molar-refractivity contribution in [3.8, 4) is 0 Å². The van der Waals surface area contributed by atoms with E-state index >= 15 is 0 Å². The summed E-state index contributed by atoms with van der Waals surface area (Å²) >= 11 is 1.15. The maximum Gasteiger partial charge on any atom is 0.346 e. The summed E-state index contributed by atoms with van der Waals surface area (Å²) in [4.78, 5) is 11.2. The number of aromatic carboxylic acids is 1. The summed E-state index contributed by atoms with van der Waals surface area (Å²) in [6.07, 6.45) is 0. The Morgan fingerprint density at radius 3 is 2.63 bits per heavy atom. The monoisotopic (exact) mass is 283 g/mol. The van der Waals surface area contributed by atoms with Gasteiger partial charge in [-0.2, -0.15) is 0 Å². The van der Waals surface area contributed by atoms with E-state index in [-0.39, 0.29) is 11.4 Å². The Morgan fingerprint density at radius 2 is 1.95 bits per heavy atom. The number of carboxylic acids is 1. The second kappa shape index (κ2) is 5.90. The van der Waals surface area contributed by atoms with Crippen molar-refractivity contribution in [1.29, 1.82) is 0 Å². The van der Waals surface area contributed by atoms with E-state index in [1.165, 1.54) is 12.1 Å². The number of hydrogen-bond acceptors (Lipinski definition) is 3. The Labute approximate surface area is 112 Å². The molecule has 0 unspecified atom stereocenters. The number of nitrogens with one attached hydrogen (secondary N) is 1. The van der Waals surface area contributed by atoms with Crippen LogP contribution in [0, 0.1) is 11.6 Å². The van der Waals surface area contributed by atoms with Crippen LogP contribution in [-0.4, -0.2) is 11.1 Å². The molecule has 0 aliphatic heterocycles. The van der Waals surface area contributed by atoms with Crippen LogP contribution in [0.1, 0.15) is 20.8 Å². The van der Waals surface area contributed by atoms with Crippen LogP contribution < -0.4 is 5.32 Å². The van der Waals surface area contributed by atoms with Crippen LogP contribution in [0.3, 0.4) is 0 Å². The SMILES string of the molecule is O=C(O)c1sccc1CNCc1ccc(F)cc1F. The number of halogens is 2. The highest BCUT2D eigenvalue weighted by Crippen LogP contribution is 2.17. The van der Waals surface area contributed by atoms with E-state index < -0.39 is 17.6 Å². The summed E-state index contributed by atoms with van der Waals surface area (Å²) in [7, 11) is 0. The first kappa shape index (κ1) is 13.6. The van der Waals surface area contributed by atoms with E-state index in [0.717, 1.165) is 17.4 Å². The van der Waals surface area contributed by atoms with Crippen molar-refractivity contribution >= 4 is 17.3 Å². The quantitative estimate of drug-likeness (QED) is 0.886. The lowest BCUT2D eigenvalue weighted by Gasteiger charge is -2.06. The molecule has 0 atom stereocenters. The van der Waals surface area contributed by atoms with Crippen LogP contribution in [0.2, 0.25) is 0 Å². The minimum Gasteiger partial charge on any atom is -0.477 e. The second-order valence-corrected chi connectivity index (χ2v) is 4.84. The van der Waals surface area contributed by atoms with Crippen molar-refractivity contribution in [2.45, 2.75) is 13.1 Å². The molecular weight excluding hydrogens is 272 g/mol. The molecule has 2 N–H and O–H groups in total. The van der Waals surface area contributed by atoms with Crippen LogP contribution in [0.15, 0.2) is 29.6 Å². The van der Waals surface area contributed by atoms with E-state index in [0.29, 0.717) is 17.7 Å². The van der Waals surface area contributed by atoms with Gasteiger partial charge in [-0.1, -0.05) is 6.07 Å². The normalized spacial score (nSPS) is 10.6. The van der Waals surface area contributed by atoms with E-state index in [1.54, 1.807) is 11.4 Å².